The maximum Gasteiger partial charge on any atom is 0.265 e. The SMILES string of the molecule is CCOc1ccc(C(=O)N[C@H](C(=O)Nc2ccc3c(c2)NC(=O)[C@@H](C)O3)C(C)C)cc1. The van der Waals surface area contributed by atoms with Crippen LogP contribution in [0.3, 0.4) is 0 Å². The minimum atomic E-state index is -0.749. The van der Waals surface area contributed by atoms with E-state index in [9.17, 15) is 14.4 Å². The topological polar surface area (TPSA) is 106 Å². The van der Waals surface area contributed by atoms with Crippen molar-refractivity contribution in [3.05, 3.63) is 48.0 Å². The Morgan fingerprint density at radius 2 is 1.87 bits per heavy atom. The van der Waals surface area contributed by atoms with Crippen molar-refractivity contribution in [3.63, 3.8) is 0 Å². The molecule has 0 saturated carbocycles. The molecule has 0 saturated heterocycles. The van der Waals surface area contributed by atoms with Crippen molar-refractivity contribution in [3.8, 4) is 11.5 Å². The number of carbonyl (C=O) groups excluding carboxylic acids is 3. The molecule has 3 amide bonds. The minimum Gasteiger partial charge on any atom is -0.494 e. The Kier molecular flexibility index (Phi) is 6.79. The van der Waals surface area contributed by atoms with Crippen LogP contribution in [0.2, 0.25) is 0 Å². The number of anilines is 2. The average molecular weight is 425 g/mol. The molecule has 8 nitrogen and oxygen atoms in total. The highest BCUT2D eigenvalue weighted by molar-refractivity contribution is 6.02. The highest BCUT2D eigenvalue weighted by Crippen LogP contribution is 2.32. The first-order chi connectivity index (χ1) is 14.8. The van der Waals surface area contributed by atoms with Crippen LogP contribution in [0.15, 0.2) is 42.5 Å². The van der Waals surface area contributed by atoms with Crippen LogP contribution in [-0.2, 0) is 9.59 Å². The van der Waals surface area contributed by atoms with Gasteiger partial charge < -0.3 is 25.4 Å². The van der Waals surface area contributed by atoms with E-state index in [-0.39, 0.29) is 23.6 Å². The highest BCUT2D eigenvalue weighted by atomic mass is 16.5. The fourth-order valence-electron chi connectivity index (χ4n) is 3.14. The molecule has 0 aromatic heterocycles. The lowest BCUT2D eigenvalue weighted by molar-refractivity contribution is -0.122. The van der Waals surface area contributed by atoms with Crippen molar-refractivity contribution in [2.75, 3.05) is 17.2 Å². The molecule has 31 heavy (non-hydrogen) atoms. The molecule has 164 valence electrons. The molecule has 2 aromatic rings. The molecule has 0 unspecified atom stereocenters. The number of nitrogens with one attached hydrogen (secondary N) is 3. The summed E-state index contributed by atoms with van der Waals surface area (Å²) in [5.74, 6) is 0.110. The van der Waals surface area contributed by atoms with Gasteiger partial charge in [-0.2, -0.15) is 0 Å². The van der Waals surface area contributed by atoms with Gasteiger partial charge in [0.2, 0.25) is 5.91 Å². The third-order valence-electron chi connectivity index (χ3n) is 4.84. The van der Waals surface area contributed by atoms with Crippen molar-refractivity contribution in [2.24, 2.45) is 5.92 Å². The lowest BCUT2D eigenvalue weighted by Gasteiger charge is -2.25. The molecule has 0 spiro atoms. The molecule has 1 heterocycles. The van der Waals surface area contributed by atoms with Crippen LogP contribution >= 0.6 is 0 Å². The largest absolute Gasteiger partial charge is 0.494 e. The van der Waals surface area contributed by atoms with Gasteiger partial charge in [-0.1, -0.05) is 13.8 Å². The summed E-state index contributed by atoms with van der Waals surface area (Å²) in [5, 5.41) is 8.34. The van der Waals surface area contributed by atoms with Gasteiger partial charge in [0.05, 0.1) is 12.3 Å². The van der Waals surface area contributed by atoms with Crippen LogP contribution in [0.1, 0.15) is 38.1 Å². The summed E-state index contributed by atoms with van der Waals surface area (Å²) in [6, 6.07) is 11.0. The Hall–Kier alpha value is -3.55. The molecule has 2 atom stereocenters. The van der Waals surface area contributed by atoms with E-state index < -0.39 is 12.1 Å². The third kappa shape index (κ3) is 5.33. The normalized spacial score (nSPS) is 15.9. The van der Waals surface area contributed by atoms with Gasteiger partial charge in [-0.3, -0.25) is 14.4 Å². The lowest BCUT2D eigenvalue weighted by Crippen LogP contribution is -2.47. The van der Waals surface area contributed by atoms with Gasteiger partial charge in [0.1, 0.15) is 17.5 Å². The van der Waals surface area contributed by atoms with Gasteiger partial charge >= 0.3 is 0 Å². The Labute approximate surface area is 181 Å². The summed E-state index contributed by atoms with van der Waals surface area (Å²) >= 11 is 0. The molecule has 2 aromatic carbocycles. The summed E-state index contributed by atoms with van der Waals surface area (Å²) in [7, 11) is 0. The summed E-state index contributed by atoms with van der Waals surface area (Å²) < 4.78 is 10.9. The van der Waals surface area contributed by atoms with E-state index in [0.29, 0.717) is 35.0 Å². The van der Waals surface area contributed by atoms with Crippen molar-refractivity contribution in [2.45, 2.75) is 39.8 Å². The van der Waals surface area contributed by atoms with Gasteiger partial charge in [-0.15, -0.1) is 0 Å². The molecule has 0 radical (unpaired) electrons. The summed E-state index contributed by atoms with van der Waals surface area (Å²) in [6.45, 7) is 7.79. The second kappa shape index (κ2) is 9.51. The predicted molar refractivity (Wildman–Crippen MR) is 117 cm³/mol. The monoisotopic (exact) mass is 425 g/mol. The Balaban J connectivity index is 1.69. The number of ether oxygens (including phenoxy) is 2. The average Bonchev–Trinajstić information content (AvgIpc) is 2.73. The highest BCUT2D eigenvalue weighted by Gasteiger charge is 2.27. The van der Waals surface area contributed by atoms with Crippen LogP contribution in [0.25, 0.3) is 0 Å². The van der Waals surface area contributed by atoms with E-state index in [0.717, 1.165) is 0 Å². The lowest BCUT2D eigenvalue weighted by atomic mass is 10.0. The first-order valence-corrected chi connectivity index (χ1v) is 10.2. The van der Waals surface area contributed by atoms with Crippen LogP contribution in [-0.4, -0.2) is 36.5 Å². The van der Waals surface area contributed by atoms with Crippen LogP contribution < -0.4 is 25.4 Å². The molecule has 1 aliphatic rings. The van der Waals surface area contributed by atoms with Gasteiger partial charge in [-0.05, 0) is 62.2 Å². The Morgan fingerprint density at radius 1 is 1.16 bits per heavy atom. The van der Waals surface area contributed by atoms with Crippen molar-refractivity contribution >= 4 is 29.1 Å². The molecule has 3 N–H and O–H groups in total. The van der Waals surface area contributed by atoms with Crippen LogP contribution in [0.4, 0.5) is 11.4 Å². The van der Waals surface area contributed by atoms with E-state index in [1.807, 2.05) is 20.8 Å². The van der Waals surface area contributed by atoms with Crippen molar-refractivity contribution in [1.82, 2.24) is 5.32 Å². The zero-order valence-electron chi connectivity index (χ0n) is 18.0. The van der Waals surface area contributed by atoms with E-state index in [2.05, 4.69) is 16.0 Å². The molecular formula is C23H27N3O5. The summed E-state index contributed by atoms with van der Waals surface area (Å²) in [5.41, 5.74) is 1.41. The first kappa shape index (κ1) is 22.1. The number of benzene rings is 2. The van der Waals surface area contributed by atoms with E-state index in [1.54, 1.807) is 49.4 Å². The number of amides is 3. The van der Waals surface area contributed by atoms with Crippen molar-refractivity contribution in [1.29, 1.82) is 0 Å². The standard InChI is InChI=1S/C23H27N3O5/c1-5-30-17-9-6-15(7-10-17)22(28)26-20(13(2)3)23(29)24-16-8-11-19-18(12-16)25-21(27)14(4)31-19/h6-14,20H,5H2,1-4H3,(H,24,29)(H,25,27)(H,26,28)/t14-,20+/m1/s1. The van der Waals surface area contributed by atoms with E-state index in [4.69, 9.17) is 9.47 Å². The summed E-state index contributed by atoms with van der Waals surface area (Å²) in [4.78, 5) is 37.4. The van der Waals surface area contributed by atoms with Gasteiger partial charge in [0, 0.05) is 11.3 Å². The number of hydrogen-bond acceptors (Lipinski definition) is 5. The number of carbonyl (C=O) groups is 3. The maximum atomic E-state index is 12.9. The minimum absolute atomic E-state index is 0.145. The van der Waals surface area contributed by atoms with Crippen molar-refractivity contribution < 1.29 is 23.9 Å². The molecular weight excluding hydrogens is 398 g/mol. The van der Waals surface area contributed by atoms with E-state index in [1.165, 1.54) is 0 Å². The smallest absolute Gasteiger partial charge is 0.265 e. The zero-order valence-corrected chi connectivity index (χ0v) is 18.0. The maximum absolute atomic E-state index is 12.9. The van der Waals surface area contributed by atoms with Gasteiger partial charge in [-0.25, -0.2) is 0 Å². The fraction of sp³-hybridized carbons (Fsp3) is 0.348. The Morgan fingerprint density at radius 3 is 2.52 bits per heavy atom. The first-order valence-electron chi connectivity index (χ1n) is 10.2. The second-order valence-electron chi connectivity index (χ2n) is 7.60. The number of hydrogen-bond donors (Lipinski definition) is 3. The number of rotatable bonds is 7. The quantitative estimate of drug-likeness (QED) is 0.632. The molecule has 0 fully saturated rings. The Bertz CT molecular complexity index is 972. The van der Waals surface area contributed by atoms with Gasteiger partial charge in [0.15, 0.2) is 6.10 Å². The number of fused-ring (bicyclic) bond motifs is 1. The van der Waals surface area contributed by atoms with Crippen LogP contribution in [0.5, 0.6) is 11.5 Å². The third-order valence-corrected chi connectivity index (χ3v) is 4.84. The second-order valence-corrected chi connectivity index (χ2v) is 7.60. The molecule has 1 aliphatic heterocycles. The molecule has 0 aliphatic carbocycles. The van der Waals surface area contributed by atoms with E-state index >= 15 is 0 Å². The summed E-state index contributed by atoms with van der Waals surface area (Å²) in [6.07, 6.45) is -0.573. The zero-order chi connectivity index (χ0) is 22.5. The molecule has 0 bridgehead atoms. The molecule has 3 rings (SSSR count). The molecule has 8 heteroatoms. The van der Waals surface area contributed by atoms with Crippen LogP contribution in [0, 0.1) is 5.92 Å². The fourth-order valence-corrected chi connectivity index (χ4v) is 3.14. The van der Waals surface area contributed by atoms with Gasteiger partial charge in [0.25, 0.3) is 11.8 Å². The predicted octanol–water partition coefficient (Wildman–Crippen LogP) is 3.20.